The Labute approximate surface area is 121 Å². The van der Waals surface area contributed by atoms with Gasteiger partial charge in [0.25, 0.3) is 5.91 Å². The predicted octanol–water partition coefficient (Wildman–Crippen LogP) is 2.46. The van der Waals surface area contributed by atoms with Crippen LogP contribution in [0.1, 0.15) is 35.1 Å². The molecule has 1 amide bonds. The van der Waals surface area contributed by atoms with Gasteiger partial charge in [-0.25, -0.2) is 4.79 Å². The number of nitrogens with one attached hydrogen (secondary N) is 1. The average Bonchev–Trinajstić information content (AvgIpc) is 3.15. The number of ether oxygens (including phenoxy) is 1. The summed E-state index contributed by atoms with van der Waals surface area (Å²) >= 11 is 0. The van der Waals surface area contributed by atoms with E-state index in [0.29, 0.717) is 5.56 Å². The van der Waals surface area contributed by atoms with Crippen LogP contribution in [-0.2, 0) is 9.53 Å². The van der Waals surface area contributed by atoms with Crippen LogP contribution in [-0.4, -0.2) is 17.9 Å². The fourth-order valence-electron chi connectivity index (χ4n) is 1.97. The van der Waals surface area contributed by atoms with E-state index in [0.717, 1.165) is 12.8 Å². The lowest BCUT2D eigenvalue weighted by molar-refractivity contribution is -0.130. The van der Waals surface area contributed by atoms with Gasteiger partial charge in [0.1, 0.15) is 0 Å². The molecule has 1 fully saturated rings. The highest BCUT2D eigenvalue weighted by molar-refractivity contribution is 5.90. The predicted molar refractivity (Wildman–Crippen MR) is 74.5 cm³/mol. The van der Waals surface area contributed by atoms with Gasteiger partial charge >= 0.3 is 5.97 Å². The molecule has 1 aliphatic rings. The van der Waals surface area contributed by atoms with Crippen LogP contribution < -0.4 is 5.32 Å². The summed E-state index contributed by atoms with van der Waals surface area (Å²) in [6, 6.07) is 12.3. The monoisotopic (exact) mass is 285 g/mol. The summed E-state index contributed by atoms with van der Waals surface area (Å²) in [5.74, 6) is -0.876. The van der Waals surface area contributed by atoms with Gasteiger partial charge in [0, 0.05) is 11.6 Å². The van der Waals surface area contributed by atoms with Crippen molar-refractivity contribution in [2.75, 3.05) is 0 Å². The summed E-state index contributed by atoms with van der Waals surface area (Å²) < 4.78 is 10.3. The lowest BCUT2D eigenvalue weighted by Gasteiger charge is -2.17. The summed E-state index contributed by atoms with van der Waals surface area (Å²) in [7, 11) is 0. The molecule has 3 rings (SSSR count). The summed E-state index contributed by atoms with van der Waals surface area (Å²) in [5.41, 5.74) is 0.635. The maximum absolute atomic E-state index is 12.3. The Bertz CT molecular complexity index is 617. The number of carbonyl (C=O) groups is 2. The highest BCUT2D eigenvalue weighted by Crippen LogP contribution is 2.24. The Morgan fingerprint density at radius 3 is 2.52 bits per heavy atom. The molecule has 1 atom stereocenters. The van der Waals surface area contributed by atoms with Gasteiger partial charge in [0.05, 0.1) is 6.26 Å². The molecule has 108 valence electrons. The maximum atomic E-state index is 12.3. The van der Waals surface area contributed by atoms with Crippen molar-refractivity contribution in [3.8, 4) is 0 Å². The molecule has 2 aromatic rings. The Morgan fingerprint density at radius 1 is 1.14 bits per heavy atom. The van der Waals surface area contributed by atoms with Crippen LogP contribution in [0.5, 0.6) is 0 Å². The first-order valence-corrected chi connectivity index (χ1v) is 6.84. The van der Waals surface area contributed by atoms with Gasteiger partial charge in [-0.15, -0.1) is 0 Å². The molecular weight excluding hydrogens is 270 g/mol. The van der Waals surface area contributed by atoms with Crippen molar-refractivity contribution in [1.82, 2.24) is 5.32 Å². The third-order valence-electron chi connectivity index (χ3n) is 3.21. The Balaban J connectivity index is 1.78. The van der Waals surface area contributed by atoms with Crippen LogP contribution in [0.25, 0.3) is 0 Å². The molecule has 21 heavy (non-hydrogen) atoms. The largest absolute Gasteiger partial charge is 0.457 e. The Hall–Kier alpha value is -2.56. The van der Waals surface area contributed by atoms with Gasteiger partial charge in [0.15, 0.2) is 0 Å². The number of rotatable bonds is 5. The number of benzene rings is 1. The van der Waals surface area contributed by atoms with E-state index in [1.807, 2.05) is 6.07 Å². The van der Waals surface area contributed by atoms with E-state index < -0.39 is 12.1 Å². The van der Waals surface area contributed by atoms with E-state index >= 15 is 0 Å². The van der Waals surface area contributed by atoms with Gasteiger partial charge < -0.3 is 14.5 Å². The molecule has 5 heteroatoms. The van der Waals surface area contributed by atoms with Crippen molar-refractivity contribution < 1.29 is 18.7 Å². The third kappa shape index (κ3) is 3.31. The maximum Gasteiger partial charge on any atom is 0.375 e. The molecule has 1 aliphatic carbocycles. The number of furan rings is 1. The molecule has 0 saturated heterocycles. The quantitative estimate of drug-likeness (QED) is 0.857. The summed E-state index contributed by atoms with van der Waals surface area (Å²) in [6.45, 7) is 0. The lowest BCUT2D eigenvalue weighted by Crippen LogP contribution is -2.33. The van der Waals surface area contributed by atoms with E-state index in [1.165, 1.54) is 12.3 Å². The second-order valence-electron chi connectivity index (χ2n) is 4.96. The number of hydrogen-bond acceptors (Lipinski definition) is 4. The standard InChI is InChI=1S/C16H15NO4/c18-15(17-12-8-9-12)14(11-5-2-1-3-6-11)21-16(19)13-7-4-10-20-13/h1-7,10,12,14H,8-9H2,(H,17,18)/t14-/m1/s1. The zero-order valence-corrected chi connectivity index (χ0v) is 11.3. The Kier molecular flexibility index (Phi) is 3.73. The molecule has 1 heterocycles. The molecular formula is C16H15NO4. The van der Waals surface area contributed by atoms with Crippen molar-refractivity contribution in [2.45, 2.75) is 25.0 Å². The van der Waals surface area contributed by atoms with E-state index in [-0.39, 0.29) is 17.7 Å². The van der Waals surface area contributed by atoms with Crippen molar-refractivity contribution >= 4 is 11.9 Å². The SMILES string of the molecule is O=C(O[C@@H](C(=O)NC1CC1)c1ccccc1)c1ccco1. The van der Waals surface area contributed by atoms with E-state index in [2.05, 4.69) is 5.32 Å². The van der Waals surface area contributed by atoms with Crippen LogP contribution in [0.4, 0.5) is 0 Å². The number of esters is 1. The van der Waals surface area contributed by atoms with Gasteiger partial charge in [-0.2, -0.15) is 0 Å². The fourth-order valence-corrected chi connectivity index (χ4v) is 1.97. The summed E-state index contributed by atoms with van der Waals surface area (Å²) in [6.07, 6.45) is 2.36. The highest BCUT2D eigenvalue weighted by atomic mass is 16.6. The minimum Gasteiger partial charge on any atom is -0.457 e. The first-order chi connectivity index (χ1) is 10.2. The van der Waals surface area contributed by atoms with Crippen molar-refractivity contribution in [1.29, 1.82) is 0 Å². The second kappa shape index (κ2) is 5.83. The lowest BCUT2D eigenvalue weighted by atomic mass is 10.1. The third-order valence-corrected chi connectivity index (χ3v) is 3.21. The molecule has 0 unspecified atom stereocenters. The molecule has 1 saturated carbocycles. The van der Waals surface area contributed by atoms with E-state index in [1.54, 1.807) is 30.3 Å². The normalized spacial score (nSPS) is 15.2. The van der Waals surface area contributed by atoms with Crippen molar-refractivity contribution in [2.24, 2.45) is 0 Å². The number of hydrogen-bond donors (Lipinski definition) is 1. The van der Waals surface area contributed by atoms with Gasteiger partial charge in [-0.05, 0) is 25.0 Å². The number of carbonyl (C=O) groups excluding carboxylic acids is 2. The van der Waals surface area contributed by atoms with Crippen LogP contribution in [0.3, 0.4) is 0 Å². The molecule has 1 N–H and O–H groups in total. The number of amides is 1. The molecule has 1 aromatic heterocycles. The molecule has 0 aliphatic heterocycles. The zero-order chi connectivity index (χ0) is 14.7. The first-order valence-electron chi connectivity index (χ1n) is 6.84. The van der Waals surface area contributed by atoms with Crippen LogP contribution in [0, 0.1) is 0 Å². The topological polar surface area (TPSA) is 68.5 Å². The fraction of sp³-hybridized carbons (Fsp3) is 0.250. The van der Waals surface area contributed by atoms with Gasteiger partial charge in [-0.3, -0.25) is 4.79 Å². The second-order valence-corrected chi connectivity index (χ2v) is 4.96. The Morgan fingerprint density at radius 2 is 1.90 bits per heavy atom. The van der Waals surface area contributed by atoms with Gasteiger partial charge in [0.2, 0.25) is 11.9 Å². The molecule has 0 spiro atoms. The van der Waals surface area contributed by atoms with E-state index in [9.17, 15) is 9.59 Å². The minimum absolute atomic E-state index is 0.0788. The summed E-state index contributed by atoms with van der Waals surface area (Å²) in [4.78, 5) is 24.3. The van der Waals surface area contributed by atoms with Crippen molar-refractivity contribution in [3.05, 3.63) is 60.1 Å². The first kappa shape index (κ1) is 13.4. The molecule has 5 nitrogen and oxygen atoms in total. The van der Waals surface area contributed by atoms with Crippen LogP contribution >= 0.6 is 0 Å². The van der Waals surface area contributed by atoms with Crippen molar-refractivity contribution in [3.63, 3.8) is 0 Å². The van der Waals surface area contributed by atoms with Crippen LogP contribution in [0.15, 0.2) is 53.1 Å². The van der Waals surface area contributed by atoms with Crippen LogP contribution in [0.2, 0.25) is 0 Å². The average molecular weight is 285 g/mol. The minimum atomic E-state index is -0.968. The zero-order valence-electron chi connectivity index (χ0n) is 11.3. The van der Waals surface area contributed by atoms with Gasteiger partial charge in [-0.1, -0.05) is 30.3 Å². The highest BCUT2D eigenvalue weighted by Gasteiger charge is 2.31. The van der Waals surface area contributed by atoms with E-state index in [4.69, 9.17) is 9.15 Å². The summed E-state index contributed by atoms with van der Waals surface area (Å²) in [5, 5.41) is 2.86. The molecule has 1 aromatic carbocycles. The molecule has 0 radical (unpaired) electrons. The smallest absolute Gasteiger partial charge is 0.375 e. The molecule has 0 bridgehead atoms.